The number of morpholine rings is 1. The fourth-order valence-electron chi connectivity index (χ4n) is 1.79. The van der Waals surface area contributed by atoms with Crippen molar-refractivity contribution in [3.8, 4) is 0 Å². The molecule has 0 unspecified atom stereocenters. The van der Waals surface area contributed by atoms with Gasteiger partial charge in [-0.1, -0.05) is 11.6 Å². The first-order chi connectivity index (χ1) is 9.65. The Labute approximate surface area is 122 Å². The molecular weight excluding hydrogens is 282 g/mol. The van der Waals surface area contributed by atoms with E-state index in [4.69, 9.17) is 16.3 Å². The van der Waals surface area contributed by atoms with Gasteiger partial charge in [0.25, 0.3) is 0 Å². The maximum Gasteiger partial charge on any atom is 0.319 e. The number of rotatable bonds is 3. The Bertz CT molecular complexity index is 472. The number of hydrogen-bond donors (Lipinski definition) is 2. The molecule has 3 amide bonds. The number of hydrogen-bond acceptors (Lipinski definition) is 3. The van der Waals surface area contributed by atoms with Gasteiger partial charge in [0.05, 0.1) is 19.8 Å². The van der Waals surface area contributed by atoms with Gasteiger partial charge in [-0.05, 0) is 24.3 Å². The van der Waals surface area contributed by atoms with Crippen LogP contribution in [-0.4, -0.2) is 49.7 Å². The highest BCUT2D eigenvalue weighted by molar-refractivity contribution is 6.30. The molecule has 108 valence electrons. The molecule has 2 N–H and O–H groups in total. The van der Waals surface area contributed by atoms with Gasteiger partial charge in [-0.15, -0.1) is 0 Å². The van der Waals surface area contributed by atoms with E-state index in [1.807, 2.05) is 0 Å². The highest BCUT2D eigenvalue weighted by Gasteiger charge is 2.17. The molecule has 0 aromatic heterocycles. The number of amides is 3. The molecule has 0 atom stereocenters. The molecule has 2 rings (SSSR count). The summed E-state index contributed by atoms with van der Waals surface area (Å²) in [4.78, 5) is 25.1. The van der Waals surface area contributed by atoms with Crippen LogP contribution in [0.1, 0.15) is 0 Å². The van der Waals surface area contributed by atoms with E-state index >= 15 is 0 Å². The van der Waals surface area contributed by atoms with E-state index in [0.717, 1.165) is 0 Å². The summed E-state index contributed by atoms with van der Waals surface area (Å²) >= 11 is 5.75. The molecule has 1 fully saturated rings. The predicted molar refractivity (Wildman–Crippen MR) is 75.9 cm³/mol. The standard InChI is InChI=1S/C13H16ClN3O3/c14-10-1-3-11(4-2-10)16-13(19)15-9-12(18)17-5-7-20-8-6-17/h1-4H,5-9H2,(H2,15,16,19). The first-order valence-electron chi connectivity index (χ1n) is 6.31. The number of carbonyl (C=O) groups excluding carboxylic acids is 2. The van der Waals surface area contributed by atoms with E-state index in [1.54, 1.807) is 29.2 Å². The van der Waals surface area contributed by atoms with Gasteiger partial charge in [-0.2, -0.15) is 0 Å². The second-order valence-electron chi connectivity index (χ2n) is 4.31. The Balaban J connectivity index is 1.74. The Kier molecular flexibility index (Phi) is 5.20. The van der Waals surface area contributed by atoms with Gasteiger partial charge in [-0.3, -0.25) is 4.79 Å². The van der Waals surface area contributed by atoms with Crippen LogP contribution < -0.4 is 10.6 Å². The fourth-order valence-corrected chi connectivity index (χ4v) is 1.91. The maximum absolute atomic E-state index is 11.8. The van der Waals surface area contributed by atoms with Gasteiger partial charge in [0.2, 0.25) is 5.91 Å². The number of urea groups is 1. The number of nitrogens with zero attached hydrogens (tertiary/aromatic N) is 1. The highest BCUT2D eigenvalue weighted by Crippen LogP contribution is 2.12. The molecule has 1 aromatic carbocycles. The Morgan fingerprint density at radius 3 is 2.50 bits per heavy atom. The van der Waals surface area contributed by atoms with Crippen molar-refractivity contribution >= 4 is 29.2 Å². The smallest absolute Gasteiger partial charge is 0.319 e. The largest absolute Gasteiger partial charge is 0.378 e. The van der Waals surface area contributed by atoms with E-state index < -0.39 is 6.03 Å². The van der Waals surface area contributed by atoms with Gasteiger partial charge in [-0.25, -0.2) is 4.79 Å². The lowest BCUT2D eigenvalue weighted by molar-refractivity contribution is -0.134. The zero-order valence-corrected chi connectivity index (χ0v) is 11.7. The SMILES string of the molecule is O=C(NCC(=O)N1CCOCC1)Nc1ccc(Cl)cc1. The Morgan fingerprint density at radius 1 is 1.20 bits per heavy atom. The van der Waals surface area contributed by atoms with Crippen LogP contribution in [0.5, 0.6) is 0 Å². The topological polar surface area (TPSA) is 70.7 Å². The number of ether oxygens (including phenoxy) is 1. The van der Waals surface area contributed by atoms with Crippen LogP contribution in [0.4, 0.5) is 10.5 Å². The van der Waals surface area contributed by atoms with Crippen LogP contribution in [0.15, 0.2) is 24.3 Å². The lowest BCUT2D eigenvalue weighted by atomic mass is 10.3. The molecule has 0 saturated carbocycles. The first kappa shape index (κ1) is 14.6. The Morgan fingerprint density at radius 2 is 1.85 bits per heavy atom. The summed E-state index contributed by atoms with van der Waals surface area (Å²) in [5, 5.41) is 5.75. The summed E-state index contributed by atoms with van der Waals surface area (Å²) in [5.41, 5.74) is 0.616. The summed E-state index contributed by atoms with van der Waals surface area (Å²) < 4.78 is 5.16. The summed E-state index contributed by atoms with van der Waals surface area (Å²) in [6.07, 6.45) is 0. The van der Waals surface area contributed by atoms with Crippen LogP contribution in [0.3, 0.4) is 0 Å². The predicted octanol–water partition coefficient (Wildman–Crippen LogP) is 1.32. The monoisotopic (exact) mass is 297 g/mol. The van der Waals surface area contributed by atoms with Crippen molar-refractivity contribution in [3.63, 3.8) is 0 Å². The number of nitrogens with one attached hydrogen (secondary N) is 2. The van der Waals surface area contributed by atoms with Gasteiger partial charge in [0.15, 0.2) is 0 Å². The van der Waals surface area contributed by atoms with Crippen molar-refractivity contribution in [2.75, 3.05) is 38.2 Å². The molecule has 0 bridgehead atoms. The number of halogens is 1. The lowest BCUT2D eigenvalue weighted by Crippen LogP contribution is -2.46. The second-order valence-corrected chi connectivity index (χ2v) is 4.74. The van der Waals surface area contributed by atoms with Crippen molar-refractivity contribution in [3.05, 3.63) is 29.3 Å². The Hall–Kier alpha value is -1.79. The van der Waals surface area contributed by atoms with Crippen LogP contribution in [0.25, 0.3) is 0 Å². The molecule has 1 aromatic rings. The third kappa shape index (κ3) is 4.40. The number of anilines is 1. The minimum Gasteiger partial charge on any atom is -0.378 e. The molecule has 1 aliphatic rings. The summed E-state index contributed by atoms with van der Waals surface area (Å²) in [5.74, 6) is -0.112. The fraction of sp³-hybridized carbons (Fsp3) is 0.385. The van der Waals surface area contributed by atoms with E-state index in [0.29, 0.717) is 37.0 Å². The lowest BCUT2D eigenvalue weighted by Gasteiger charge is -2.26. The van der Waals surface area contributed by atoms with Crippen LogP contribution in [0, 0.1) is 0 Å². The van der Waals surface area contributed by atoms with E-state index in [-0.39, 0.29) is 12.5 Å². The molecule has 0 radical (unpaired) electrons. The number of carbonyl (C=O) groups is 2. The van der Waals surface area contributed by atoms with Crippen molar-refractivity contribution in [1.29, 1.82) is 0 Å². The van der Waals surface area contributed by atoms with Crippen molar-refractivity contribution in [1.82, 2.24) is 10.2 Å². The van der Waals surface area contributed by atoms with Crippen molar-refractivity contribution in [2.24, 2.45) is 0 Å². The summed E-state index contributed by atoms with van der Waals surface area (Å²) in [7, 11) is 0. The average molecular weight is 298 g/mol. The normalized spacial score (nSPS) is 14.8. The molecule has 0 spiro atoms. The highest BCUT2D eigenvalue weighted by atomic mass is 35.5. The third-order valence-electron chi connectivity index (χ3n) is 2.87. The minimum atomic E-state index is -0.422. The summed E-state index contributed by atoms with van der Waals surface area (Å²) in [6, 6.07) is 6.30. The van der Waals surface area contributed by atoms with Gasteiger partial charge >= 0.3 is 6.03 Å². The average Bonchev–Trinajstić information content (AvgIpc) is 2.48. The van der Waals surface area contributed by atoms with Crippen LogP contribution in [-0.2, 0) is 9.53 Å². The van der Waals surface area contributed by atoms with Crippen LogP contribution in [0.2, 0.25) is 5.02 Å². The first-order valence-corrected chi connectivity index (χ1v) is 6.69. The van der Waals surface area contributed by atoms with E-state index in [9.17, 15) is 9.59 Å². The van der Waals surface area contributed by atoms with Crippen molar-refractivity contribution in [2.45, 2.75) is 0 Å². The van der Waals surface area contributed by atoms with Gasteiger partial charge in [0, 0.05) is 23.8 Å². The molecular formula is C13H16ClN3O3. The van der Waals surface area contributed by atoms with E-state index in [1.165, 1.54) is 0 Å². The maximum atomic E-state index is 11.8. The molecule has 1 aliphatic heterocycles. The molecule has 20 heavy (non-hydrogen) atoms. The van der Waals surface area contributed by atoms with Gasteiger partial charge < -0.3 is 20.3 Å². The quantitative estimate of drug-likeness (QED) is 0.884. The second kappa shape index (κ2) is 7.12. The molecule has 6 nitrogen and oxygen atoms in total. The number of benzene rings is 1. The van der Waals surface area contributed by atoms with Gasteiger partial charge in [0.1, 0.15) is 0 Å². The van der Waals surface area contributed by atoms with Crippen LogP contribution >= 0.6 is 11.6 Å². The molecule has 7 heteroatoms. The third-order valence-corrected chi connectivity index (χ3v) is 3.12. The zero-order valence-electron chi connectivity index (χ0n) is 10.9. The van der Waals surface area contributed by atoms with Crippen molar-refractivity contribution < 1.29 is 14.3 Å². The molecule has 1 saturated heterocycles. The zero-order chi connectivity index (χ0) is 14.4. The molecule has 0 aliphatic carbocycles. The minimum absolute atomic E-state index is 0.0284. The summed E-state index contributed by atoms with van der Waals surface area (Å²) in [6.45, 7) is 2.20. The van der Waals surface area contributed by atoms with E-state index in [2.05, 4.69) is 10.6 Å². The molecule has 1 heterocycles.